The molecule has 0 aliphatic rings. The summed E-state index contributed by atoms with van der Waals surface area (Å²) in [5.74, 6) is 0.142. The summed E-state index contributed by atoms with van der Waals surface area (Å²) in [4.78, 5) is 18.6. The smallest absolute Gasteiger partial charge is 0.222 e. The molecule has 0 aliphatic carbocycles. The quantitative estimate of drug-likeness (QED) is 0.742. The molecule has 4 nitrogen and oxygen atoms in total. The number of unbranched alkanes of at least 4 members (excludes halogenated alkanes) is 1. The zero-order chi connectivity index (χ0) is 14.1. The molecular weight excluding hydrogens is 258 g/mol. The first-order valence-corrected chi connectivity index (χ1v) is 7.00. The third-order valence-corrected chi connectivity index (χ3v) is 3.01. The second kappa shape index (κ2) is 8.58. The molecule has 0 unspecified atom stereocenters. The fraction of sp³-hybridized carbons (Fsp3) is 0.500. The molecule has 0 aromatic carbocycles. The van der Waals surface area contributed by atoms with Gasteiger partial charge in [-0.25, -0.2) is 0 Å². The molecule has 2 N–H and O–H groups in total. The molecule has 0 saturated heterocycles. The predicted molar refractivity (Wildman–Crippen MR) is 80.6 cm³/mol. The topological polar surface area (TPSA) is 59.2 Å². The van der Waals surface area contributed by atoms with Crippen LogP contribution in [0.4, 0.5) is 0 Å². The highest BCUT2D eigenvalue weighted by Gasteiger charge is 2.14. The fourth-order valence-electron chi connectivity index (χ4n) is 1.71. The Labute approximate surface area is 120 Å². The first-order chi connectivity index (χ1) is 9.13. The minimum absolute atomic E-state index is 0.142. The van der Waals surface area contributed by atoms with Crippen molar-refractivity contribution in [2.24, 2.45) is 5.73 Å². The van der Waals surface area contributed by atoms with Gasteiger partial charge in [-0.2, -0.15) is 0 Å². The van der Waals surface area contributed by atoms with Crippen LogP contribution in [0, 0.1) is 0 Å². The van der Waals surface area contributed by atoms with Gasteiger partial charge in [-0.15, -0.1) is 0 Å². The monoisotopic (exact) mass is 279 g/mol. The molecule has 0 bridgehead atoms. The van der Waals surface area contributed by atoms with Crippen LogP contribution in [0.5, 0.6) is 0 Å². The second-order valence-electron chi connectivity index (χ2n) is 4.46. The average Bonchev–Trinajstić information content (AvgIpc) is 2.41. The Hall–Kier alpha value is -1.49. The second-order valence-corrected chi connectivity index (χ2v) is 4.98. The number of hydrogen-bond donors (Lipinski definition) is 1. The maximum absolute atomic E-state index is 12.1. The fourth-order valence-corrected chi connectivity index (χ4v) is 1.80. The molecule has 0 radical (unpaired) electrons. The Bertz CT molecular complexity index is 408. The van der Waals surface area contributed by atoms with Crippen LogP contribution >= 0.6 is 12.2 Å². The van der Waals surface area contributed by atoms with E-state index in [1.807, 2.05) is 18.2 Å². The van der Waals surface area contributed by atoms with Gasteiger partial charge in [-0.1, -0.05) is 31.6 Å². The van der Waals surface area contributed by atoms with Gasteiger partial charge in [0.2, 0.25) is 5.91 Å². The highest BCUT2D eigenvalue weighted by Crippen LogP contribution is 2.07. The molecule has 0 saturated carbocycles. The Morgan fingerprint density at radius 2 is 2.21 bits per heavy atom. The van der Waals surface area contributed by atoms with Crippen LogP contribution in [0.15, 0.2) is 24.4 Å². The van der Waals surface area contributed by atoms with E-state index in [-0.39, 0.29) is 5.91 Å². The van der Waals surface area contributed by atoms with Gasteiger partial charge in [-0.3, -0.25) is 9.78 Å². The van der Waals surface area contributed by atoms with Crippen LogP contribution in [-0.2, 0) is 11.3 Å². The zero-order valence-electron chi connectivity index (χ0n) is 11.3. The molecule has 1 amide bonds. The van der Waals surface area contributed by atoms with Crippen molar-refractivity contribution in [3.05, 3.63) is 30.1 Å². The highest BCUT2D eigenvalue weighted by atomic mass is 32.1. The number of thiocarbonyl (C=S) groups is 1. The van der Waals surface area contributed by atoms with Gasteiger partial charge in [0.1, 0.15) is 0 Å². The van der Waals surface area contributed by atoms with Gasteiger partial charge >= 0.3 is 0 Å². The molecule has 1 heterocycles. The molecule has 1 aromatic heterocycles. The maximum atomic E-state index is 12.1. The summed E-state index contributed by atoms with van der Waals surface area (Å²) in [7, 11) is 0. The van der Waals surface area contributed by atoms with E-state index in [9.17, 15) is 4.79 Å². The van der Waals surface area contributed by atoms with Gasteiger partial charge in [0, 0.05) is 25.6 Å². The van der Waals surface area contributed by atoms with Crippen molar-refractivity contribution in [1.29, 1.82) is 0 Å². The predicted octanol–water partition coefficient (Wildman–Crippen LogP) is 2.28. The summed E-state index contributed by atoms with van der Waals surface area (Å²) >= 11 is 4.88. The van der Waals surface area contributed by atoms with Crippen molar-refractivity contribution in [1.82, 2.24) is 9.88 Å². The van der Waals surface area contributed by atoms with Crippen LogP contribution in [0.3, 0.4) is 0 Å². The molecular formula is C14H21N3OS. The van der Waals surface area contributed by atoms with E-state index in [4.69, 9.17) is 18.0 Å². The first-order valence-electron chi connectivity index (χ1n) is 6.59. The zero-order valence-corrected chi connectivity index (χ0v) is 12.2. The molecule has 104 valence electrons. The van der Waals surface area contributed by atoms with E-state index in [1.54, 1.807) is 11.1 Å². The van der Waals surface area contributed by atoms with Crippen molar-refractivity contribution in [2.45, 2.75) is 39.2 Å². The summed E-state index contributed by atoms with van der Waals surface area (Å²) in [6.45, 7) is 3.16. The summed E-state index contributed by atoms with van der Waals surface area (Å²) in [5.41, 5.74) is 6.40. The summed E-state index contributed by atoms with van der Waals surface area (Å²) in [6, 6.07) is 5.70. The van der Waals surface area contributed by atoms with Gasteiger partial charge in [0.15, 0.2) is 0 Å². The minimum Gasteiger partial charge on any atom is -0.393 e. The van der Waals surface area contributed by atoms with E-state index >= 15 is 0 Å². The average molecular weight is 279 g/mol. The van der Waals surface area contributed by atoms with E-state index in [0.29, 0.717) is 30.9 Å². The molecule has 0 aliphatic heterocycles. The van der Waals surface area contributed by atoms with Crippen LogP contribution in [-0.4, -0.2) is 27.3 Å². The maximum Gasteiger partial charge on any atom is 0.222 e. The number of nitrogens with two attached hydrogens (primary N) is 1. The van der Waals surface area contributed by atoms with Crippen molar-refractivity contribution in [3.63, 3.8) is 0 Å². The lowest BCUT2D eigenvalue weighted by atomic mass is 10.2. The van der Waals surface area contributed by atoms with Gasteiger partial charge in [0.25, 0.3) is 0 Å². The third kappa shape index (κ3) is 6.29. The van der Waals surface area contributed by atoms with E-state index in [2.05, 4.69) is 11.9 Å². The largest absolute Gasteiger partial charge is 0.393 e. The Balaban J connectivity index is 2.62. The molecule has 5 heteroatoms. The number of nitrogens with zero attached hydrogens (tertiary/aromatic N) is 2. The van der Waals surface area contributed by atoms with Crippen LogP contribution in [0.1, 0.15) is 38.3 Å². The normalized spacial score (nSPS) is 10.2. The van der Waals surface area contributed by atoms with Gasteiger partial charge < -0.3 is 10.6 Å². The Kier molecular flexibility index (Phi) is 7.03. The first kappa shape index (κ1) is 15.6. The lowest BCUT2D eigenvalue weighted by Crippen LogP contribution is -2.33. The highest BCUT2D eigenvalue weighted by molar-refractivity contribution is 7.80. The van der Waals surface area contributed by atoms with Crippen molar-refractivity contribution in [3.8, 4) is 0 Å². The molecule has 0 fully saturated rings. The molecule has 1 aromatic rings. The van der Waals surface area contributed by atoms with Crippen molar-refractivity contribution < 1.29 is 4.79 Å². The molecule has 0 spiro atoms. The number of pyridine rings is 1. The number of carbonyl (C=O) groups is 1. The lowest BCUT2D eigenvalue weighted by Gasteiger charge is -2.22. The Morgan fingerprint density at radius 1 is 1.42 bits per heavy atom. The number of hydrogen-bond acceptors (Lipinski definition) is 3. The Morgan fingerprint density at radius 3 is 2.79 bits per heavy atom. The number of aromatic nitrogens is 1. The number of carbonyl (C=O) groups excluding carboxylic acids is 1. The molecule has 1 rings (SSSR count). The molecule has 19 heavy (non-hydrogen) atoms. The van der Waals surface area contributed by atoms with E-state index in [0.717, 1.165) is 18.5 Å². The SMILES string of the molecule is CCCCC(=O)N(CCC(N)=S)Cc1ccccn1. The molecule has 0 atom stereocenters. The van der Waals surface area contributed by atoms with Gasteiger partial charge in [0.05, 0.1) is 17.2 Å². The van der Waals surface area contributed by atoms with Crippen LogP contribution < -0.4 is 5.73 Å². The summed E-state index contributed by atoms with van der Waals surface area (Å²) in [6.07, 6.45) is 4.78. The number of rotatable bonds is 8. The third-order valence-electron chi connectivity index (χ3n) is 2.80. The standard InChI is InChI=1S/C14H21N3OS/c1-2-3-7-14(18)17(10-8-13(15)19)11-12-6-4-5-9-16-12/h4-6,9H,2-3,7-8,10-11H2,1H3,(H2,15,19). The minimum atomic E-state index is 0.142. The van der Waals surface area contributed by atoms with E-state index in [1.165, 1.54) is 0 Å². The lowest BCUT2D eigenvalue weighted by molar-refractivity contribution is -0.131. The van der Waals surface area contributed by atoms with Crippen molar-refractivity contribution in [2.75, 3.05) is 6.54 Å². The van der Waals surface area contributed by atoms with Gasteiger partial charge in [-0.05, 0) is 18.6 Å². The summed E-state index contributed by atoms with van der Waals surface area (Å²) in [5, 5.41) is 0. The van der Waals surface area contributed by atoms with Crippen molar-refractivity contribution >= 4 is 23.1 Å². The van der Waals surface area contributed by atoms with E-state index < -0.39 is 0 Å². The van der Waals surface area contributed by atoms with Crippen LogP contribution in [0.25, 0.3) is 0 Å². The summed E-state index contributed by atoms with van der Waals surface area (Å²) < 4.78 is 0. The number of amides is 1. The van der Waals surface area contributed by atoms with Crippen LogP contribution in [0.2, 0.25) is 0 Å².